The Morgan fingerprint density at radius 3 is 0.892 bits per heavy atom. The van der Waals surface area contributed by atoms with Crippen molar-refractivity contribution in [2.75, 3.05) is 47.5 Å². The van der Waals surface area contributed by atoms with Gasteiger partial charge in [-0.2, -0.15) is 0 Å². The summed E-state index contributed by atoms with van der Waals surface area (Å²) in [4.78, 5) is 37.6. The first-order valence-electron chi connectivity index (χ1n) is 35.9. The number of unbranched alkanes of at least 4 members (excludes halogenated alkanes) is 12. The van der Waals surface area contributed by atoms with Gasteiger partial charge in [-0.15, -0.1) is 0 Å². The smallest absolute Gasteiger partial charge is 0.361 e. The lowest BCUT2D eigenvalue weighted by atomic mass is 10.0. The van der Waals surface area contributed by atoms with Crippen molar-refractivity contribution in [2.45, 2.75) is 245 Å². The van der Waals surface area contributed by atoms with Crippen LogP contribution in [0.4, 0.5) is 0 Å². The van der Waals surface area contributed by atoms with Crippen molar-refractivity contribution in [2.24, 2.45) is 0 Å². The van der Waals surface area contributed by atoms with Gasteiger partial charge >= 0.3 is 17.9 Å². The highest BCUT2D eigenvalue weighted by Gasteiger charge is 2.25. The van der Waals surface area contributed by atoms with Gasteiger partial charge in [-0.25, -0.2) is 4.79 Å². The molecule has 0 fully saturated rings. The number of carbonyl (C=O) groups excluding carboxylic acids is 2. The van der Waals surface area contributed by atoms with Crippen LogP contribution in [0.2, 0.25) is 0 Å². The van der Waals surface area contributed by atoms with E-state index in [1.165, 1.54) is 44.9 Å². The minimum absolute atomic E-state index is 0.166. The van der Waals surface area contributed by atoms with Gasteiger partial charge in [0.25, 0.3) is 6.29 Å². The number of quaternary nitrogens is 1. The molecule has 0 aromatic carbocycles. The van der Waals surface area contributed by atoms with Crippen LogP contribution in [0, 0.1) is 0 Å². The fraction of sp³-hybridized carbons (Fsp3) is 0.536. The minimum Gasteiger partial charge on any atom is -0.477 e. The van der Waals surface area contributed by atoms with Gasteiger partial charge in [-0.3, -0.25) is 9.59 Å². The van der Waals surface area contributed by atoms with Crippen LogP contribution in [0.3, 0.4) is 0 Å². The van der Waals surface area contributed by atoms with Crippen molar-refractivity contribution in [1.82, 2.24) is 0 Å². The van der Waals surface area contributed by atoms with Crippen LogP contribution < -0.4 is 0 Å². The number of rotatable bonds is 63. The van der Waals surface area contributed by atoms with Crippen LogP contribution in [0.15, 0.2) is 219 Å². The van der Waals surface area contributed by atoms with Crippen molar-refractivity contribution in [3.05, 3.63) is 219 Å². The van der Waals surface area contributed by atoms with Crippen molar-refractivity contribution >= 4 is 17.9 Å². The lowest BCUT2D eigenvalue weighted by Crippen LogP contribution is -2.40. The molecule has 9 nitrogen and oxygen atoms in total. The molecule has 0 aromatic heterocycles. The Morgan fingerprint density at radius 2 is 0.591 bits per heavy atom. The van der Waals surface area contributed by atoms with E-state index in [1.54, 1.807) is 0 Å². The molecule has 0 saturated carbocycles. The highest BCUT2D eigenvalue weighted by atomic mass is 16.7. The Bertz CT molecular complexity index is 2330. The third-order valence-electron chi connectivity index (χ3n) is 14.2. The summed E-state index contributed by atoms with van der Waals surface area (Å²) in [6, 6.07) is 0. The SMILES string of the molecule is CC/C=C\C/C=C\C/C=C\C/C=C\C/C=C\C/C=C\C/C=C\C/C=C\C/C=C\CCCCCCCCCCCCCC(=O)OC(COC(=O)CCC/C=C\C/C=C\C/C=C\C/C=C\C/C=C\C/C=C\C/C=C\C/C=C\C/C=C\CC)COC(OCC[N+](C)(C)C)C(=O)O. The van der Waals surface area contributed by atoms with E-state index < -0.39 is 30.3 Å². The van der Waals surface area contributed by atoms with Gasteiger partial charge in [0.05, 0.1) is 34.4 Å². The molecule has 0 spiro atoms. The fourth-order valence-corrected chi connectivity index (χ4v) is 8.83. The molecule has 93 heavy (non-hydrogen) atoms. The first kappa shape index (κ1) is 86.6. The number of ether oxygens (including phenoxy) is 4. The summed E-state index contributed by atoms with van der Waals surface area (Å²) in [6.07, 6.45) is 111. The molecule has 0 radical (unpaired) electrons. The summed E-state index contributed by atoms with van der Waals surface area (Å²) in [5.74, 6) is -2.11. The Morgan fingerprint density at radius 1 is 0.323 bits per heavy atom. The number of hydrogen-bond donors (Lipinski definition) is 1. The van der Waals surface area contributed by atoms with Gasteiger partial charge in [-0.05, 0) is 148 Å². The standard InChI is InChI=1S/C84H129NO8/c1-6-8-10-12-14-16-18-20-22-24-26-28-30-32-34-36-37-38-39-40-41-42-43-44-45-47-49-51-53-55-57-59-61-63-65-67-69-71-73-75-82(87)93-80(79-92-84(83(88)89)90-77-76-85(3,4)5)78-91-81(86)74-72-70-68-66-64-62-60-58-56-54-52-50-48-46-35-33-31-29-27-25-23-21-19-17-15-13-11-9-7-2/h8-11,14-17,20-23,26-29,32-35,37-38,40-41,43-44,47-50,54,56,60,62,66,68,80,84H,6-7,12-13,18-19,24-25,30-31,36,39,42,45-46,51-53,55,57-59,61,63-65,67,69-79H2,1-5H3/p+1/b10-8-,11-9-,16-14-,17-15-,22-20-,23-21-,28-26-,29-27-,34-32-,35-33-,38-37-,41-40-,44-43-,49-47-,50-48-,56-54-,62-60-,68-66-. The predicted octanol–water partition coefficient (Wildman–Crippen LogP) is 22.9. The third-order valence-corrected chi connectivity index (χ3v) is 14.2. The number of esters is 2. The zero-order valence-electron chi connectivity index (χ0n) is 59.1. The van der Waals surface area contributed by atoms with Crippen molar-refractivity contribution < 1.29 is 42.9 Å². The van der Waals surface area contributed by atoms with Gasteiger partial charge < -0.3 is 28.5 Å². The van der Waals surface area contributed by atoms with Crippen molar-refractivity contribution in [3.63, 3.8) is 0 Å². The van der Waals surface area contributed by atoms with E-state index in [4.69, 9.17) is 18.9 Å². The third kappa shape index (κ3) is 72.9. The summed E-state index contributed by atoms with van der Waals surface area (Å²) < 4.78 is 22.9. The first-order chi connectivity index (χ1) is 45.6. The first-order valence-corrected chi connectivity index (χ1v) is 35.9. The molecule has 0 rings (SSSR count). The second kappa shape index (κ2) is 71.5. The number of nitrogens with zero attached hydrogens (tertiary/aromatic N) is 1. The number of carbonyl (C=O) groups is 3. The average Bonchev–Trinajstić information content (AvgIpc) is 3.38. The molecule has 0 aliphatic rings. The molecule has 0 bridgehead atoms. The maximum Gasteiger partial charge on any atom is 0.361 e. The topological polar surface area (TPSA) is 108 Å². The van der Waals surface area contributed by atoms with Gasteiger partial charge in [0, 0.05) is 12.8 Å². The Balaban J connectivity index is 4.27. The molecule has 1 N–H and O–H groups in total. The van der Waals surface area contributed by atoms with Crippen LogP contribution in [-0.2, 0) is 33.3 Å². The molecule has 2 unspecified atom stereocenters. The fourth-order valence-electron chi connectivity index (χ4n) is 8.83. The lowest BCUT2D eigenvalue weighted by Gasteiger charge is -2.25. The molecule has 518 valence electrons. The van der Waals surface area contributed by atoms with Gasteiger partial charge in [0.2, 0.25) is 0 Å². The summed E-state index contributed by atoms with van der Waals surface area (Å²) in [5.41, 5.74) is 0. The second-order valence-electron chi connectivity index (χ2n) is 24.1. The van der Waals surface area contributed by atoms with Crippen molar-refractivity contribution in [1.29, 1.82) is 0 Å². The summed E-state index contributed by atoms with van der Waals surface area (Å²) >= 11 is 0. The van der Waals surface area contributed by atoms with Gasteiger partial charge in [-0.1, -0.05) is 290 Å². The number of hydrogen-bond acceptors (Lipinski definition) is 7. The second-order valence-corrected chi connectivity index (χ2v) is 24.1. The van der Waals surface area contributed by atoms with E-state index in [2.05, 4.69) is 233 Å². The van der Waals surface area contributed by atoms with Crippen LogP contribution in [0.1, 0.15) is 232 Å². The van der Waals surface area contributed by atoms with E-state index in [0.717, 1.165) is 148 Å². The average molecular weight is 1280 g/mol. The van der Waals surface area contributed by atoms with Crippen molar-refractivity contribution in [3.8, 4) is 0 Å². The molecule has 0 aliphatic heterocycles. The number of carboxylic acids is 1. The van der Waals surface area contributed by atoms with E-state index >= 15 is 0 Å². The van der Waals surface area contributed by atoms with Crippen LogP contribution in [0.5, 0.6) is 0 Å². The minimum atomic E-state index is -1.54. The lowest BCUT2D eigenvalue weighted by molar-refractivity contribution is -0.870. The normalized spacial score (nSPS) is 14.0. The summed E-state index contributed by atoms with van der Waals surface area (Å²) in [6.45, 7) is 4.55. The molecule has 2 atom stereocenters. The molecule has 0 heterocycles. The molecule has 0 amide bonds. The van der Waals surface area contributed by atoms with E-state index in [0.29, 0.717) is 23.9 Å². The Labute approximate surface area is 568 Å². The Hall–Kier alpha value is -6.39. The van der Waals surface area contributed by atoms with E-state index in [9.17, 15) is 19.5 Å². The van der Waals surface area contributed by atoms with E-state index in [1.807, 2.05) is 21.1 Å². The zero-order valence-corrected chi connectivity index (χ0v) is 59.1. The quantitative estimate of drug-likeness (QED) is 0.0211. The highest BCUT2D eigenvalue weighted by molar-refractivity contribution is 5.71. The van der Waals surface area contributed by atoms with Crippen LogP contribution >= 0.6 is 0 Å². The maximum absolute atomic E-state index is 13.0. The van der Waals surface area contributed by atoms with E-state index in [-0.39, 0.29) is 32.7 Å². The zero-order chi connectivity index (χ0) is 67.5. The van der Waals surface area contributed by atoms with Crippen LogP contribution in [0.25, 0.3) is 0 Å². The monoisotopic (exact) mass is 1280 g/mol. The molecular formula is C84H130NO8+. The Kier molecular flexibility index (Phi) is 66.5. The number of likely N-dealkylation sites (N-methyl/N-ethyl adjacent to an activating group) is 1. The van der Waals surface area contributed by atoms with Gasteiger partial charge in [0.15, 0.2) is 6.10 Å². The number of carboxylic acid groups (broad SMARTS) is 1. The summed E-state index contributed by atoms with van der Waals surface area (Å²) in [5, 5.41) is 9.75. The molecular weight excluding hydrogens is 1150 g/mol. The highest BCUT2D eigenvalue weighted by Crippen LogP contribution is 2.15. The number of allylic oxidation sites excluding steroid dienone is 36. The predicted molar refractivity (Wildman–Crippen MR) is 400 cm³/mol. The van der Waals surface area contributed by atoms with Gasteiger partial charge in [0.1, 0.15) is 13.2 Å². The largest absolute Gasteiger partial charge is 0.477 e. The molecule has 0 saturated heterocycles. The number of aliphatic carboxylic acids is 1. The molecule has 0 aliphatic carbocycles. The van der Waals surface area contributed by atoms with Crippen LogP contribution in [-0.4, -0.2) is 87.4 Å². The maximum atomic E-state index is 13.0. The molecule has 9 heteroatoms. The summed E-state index contributed by atoms with van der Waals surface area (Å²) in [7, 11) is 5.94. The molecule has 0 aromatic rings.